The van der Waals surface area contributed by atoms with Crippen molar-refractivity contribution in [1.82, 2.24) is 24.8 Å². The van der Waals surface area contributed by atoms with Crippen LogP contribution < -0.4 is 16.3 Å². The van der Waals surface area contributed by atoms with Gasteiger partial charge in [0.05, 0.1) is 11.4 Å². The summed E-state index contributed by atoms with van der Waals surface area (Å²) in [7, 11) is 1.80. The summed E-state index contributed by atoms with van der Waals surface area (Å²) in [5.74, 6) is 0.552. The Labute approximate surface area is 207 Å². The highest BCUT2D eigenvalue weighted by molar-refractivity contribution is 5.83. The Balaban J connectivity index is 1.49. The molecule has 0 radical (unpaired) electrons. The Morgan fingerprint density at radius 1 is 1.23 bits per heavy atom. The molecular weight excluding hydrogens is 442 g/mol. The van der Waals surface area contributed by atoms with Crippen LogP contribution in [0.2, 0.25) is 0 Å². The minimum atomic E-state index is -0.141. The zero-order valence-corrected chi connectivity index (χ0v) is 22.1. The van der Waals surface area contributed by atoms with Crippen molar-refractivity contribution in [3.63, 3.8) is 0 Å². The van der Waals surface area contributed by atoms with Gasteiger partial charge in [0.25, 0.3) is 0 Å². The summed E-state index contributed by atoms with van der Waals surface area (Å²) < 4.78 is 3.50. The van der Waals surface area contributed by atoms with E-state index < -0.39 is 0 Å². The fourth-order valence-electron chi connectivity index (χ4n) is 5.63. The number of aryl methyl sites for hydroxylation is 1. The highest BCUT2D eigenvalue weighted by Crippen LogP contribution is 2.46. The van der Waals surface area contributed by atoms with E-state index in [1.165, 1.54) is 0 Å². The van der Waals surface area contributed by atoms with Gasteiger partial charge < -0.3 is 10.6 Å². The van der Waals surface area contributed by atoms with Crippen LogP contribution in [0.25, 0.3) is 11.2 Å². The van der Waals surface area contributed by atoms with Crippen LogP contribution in [-0.2, 0) is 23.2 Å². The first-order valence-electron chi connectivity index (χ1n) is 13.0. The number of aromatic nitrogens is 3. The number of hydrogen-bond donors (Lipinski definition) is 2. The van der Waals surface area contributed by atoms with Gasteiger partial charge in [-0.1, -0.05) is 34.6 Å². The lowest BCUT2D eigenvalue weighted by Crippen LogP contribution is -2.46. The maximum Gasteiger partial charge on any atom is 0.330 e. The molecule has 2 aliphatic rings. The van der Waals surface area contributed by atoms with E-state index in [1.54, 1.807) is 11.6 Å². The lowest BCUT2D eigenvalue weighted by molar-refractivity contribution is -0.129. The molecule has 8 nitrogen and oxygen atoms in total. The van der Waals surface area contributed by atoms with Gasteiger partial charge in [-0.25, -0.2) is 9.78 Å². The Hall–Kier alpha value is -2.64. The molecule has 3 heterocycles. The van der Waals surface area contributed by atoms with E-state index >= 15 is 0 Å². The molecule has 35 heavy (non-hydrogen) atoms. The summed E-state index contributed by atoms with van der Waals surface area (Å²) in [6.07, 6.45) is 4.08. The van der Waals surface area contributed by atoms with Gasteiger partial charge in [-0.05, 0) is 54.6 Å². The number of carbonyl (C=O) groups is 2. The molecule has 2 amide bonds. The molecule has 192 valence electrons. The summed E-state index contributed by atoms with van der Waals surface area (Å²) in [4.78, 5) is 42.0. The Kier molecular flexibility index (Phi) is 6.86. The standard InChI is InChI=1S/C27H41N5O3/c1-26(2,3)16-32-21-9-8-20(30-23(21)31(6)25(32)35)17-11-12-27(4,5)19(13-17)15-29-24(34)18-7-10-22(33)28-14-18/h8-9,17-19H,7,10-16H2,1-6H3,(H,28,33)(H,29,34). The lowest BCUT2D eigenvalue weighted by Gasteiger charge is -2.42. The normalized spacial score (nSPS) is 24.9. The SMILES string of the molecule is Cn1c(=O)n(CC(C)(C)C)c2ccc(C3CCC(C)(C)C(CNC(=O)C4CCC(=O)NC4)C3)nc21. The minimum absolute atomic E-state index is 0.00733. The minimum Gasteiger partial charge on any atom is -0.356 e. The van der Waals surface area contributed by atoms with Crippen LogP contribution in [0.5, 0.6) is 0 Å². The average Bonchev–Trinajstić information content (AvgIpc) is 3.01. The molecule has 3 unspecified atom stereocenters. The zero-order chi connectivity index (χ0) is 25.5. The van der Waals surface area contributed by atoms with Crippen LogP contribution in [0.15, 0.2) is 16.9 Å². The van der Waals surface area contributed by atoms with E-state index in [4.69, 9.17) is 4.98 Å². The monoisotopic (exact) mass is 483 g/mol. The van der Waals surface area contributed by atoms with Gasteiger partial charge in [0, 0.05) is 44.7 Å². The highest BCUT2D eigenvalue weighted by atomic mass is 16.2. The third kappa shape index (κ3) is 5.46. The van der Waals surface area contributed by atoms with Gasteiger partial charge in [-0.15, -0.1) is 0 Å². The van der Waals surface area contributed by atoms with Gasteiger partial charge in [-0.3, -0.25) is 18.7 Å². The van der Waals surface area contributed by atoms with Crippen molar-refractivity contribution in [3.8, 4) is 0 Å². The molecule has 0 spiro atoms. The molecule has 2 fully saturated rings. The fourth-order valence-corrected chi connectivity index (χ4v) is 5.63. The summed E-state index contributed by atoms with van der Waals surface area (Å²) in [5, 5.41) is 5.98. The third-order valence-electron chi connectivity index (χ3n) is 8.02. The van der Waals surface area contributed by atoms with E-state index in [-0.39, 0.29) is 34.3 Å². The van der Waals surface area contributed by atoms with Gasteiger partial charge in [0.15, 0.2) is 5.65 Å². The first-order chi connectivity index (χ1) is 16.4. The molecule has 2 aromatic rings. The second-order valence-corrected chi connectivity index (χ2v) is 12.5. The molecule has 0 bridgehead atoms. The number of carbonyl (C=O) groups excluding carboxylic acids is 2. The van der Waals surface area contributed by atoms with Gasteiger partial charge in [0.2, 0.25) is 11.8 Å². The number of imidazole rings is 1. The predicted molar refractivity (Wildman–Crippen MR) is 137 cm³/mol. The highest BCUT2D eigenvalue weighted by Gasteiger charge is 2.38. The van der Waals surface area contributed by atoms with Crippen molar-refractivity contribution in [3.05, 3.63) is 28.3 Å². The van der Waals surface area contributed by atoms with Gasteiger partial charge in [0.1, 0.15) is 0 Å². The van der Waals surface area contributed by atoms with E-state index in [0.29, 0.717) is 44.3 Å². The molecule has 1 aliphatic carbocycles. The fraction of sp³-hybridized carbons (Fsp3) is 0.704. The van der Waals surface area contributed by atoms with Gasteiger partial charge >= 0.3 is 5.69 Å². The molecule has 2 aromatic heterocycles. The first-order valence-corrected chi connectivity index (χ1v) is 13.0. The van der Waals surface area contributed by atoms with Crippen LogP contribution in [0.4, 0.5) is 0 Å². The van der Waals surface area contributed by atoms with Crippen molar-refractivity contribution in [2.75, 3.05) is 13.1 Å². The quantitative estimate of drug-likeness (QED) is 0.682. The van der Waals surface area contributed by atoms with Crippen LogP contribution in [0.3, 0.4) is 0 Å². The Morgan fingerprint density at radius 2 is 1.97 bits per heavy atom. The first kappa shape index (κ1) is 25.5. The second kappa shape index (κ2) is 9.43. The summed E-state index contributed by atoms with van der Waals surface area (Å²) in [6, 6.07) is 4.14. The number of nitrogens with zero attached hydrogens (tertiary/aromatic N) is 3. The number of piperidine rings is 1. The smallest absolute Gasteiger partial charge is 0.330 e. The number of amides is 2. The molecule has 1 saturated heterocycles. The molecule has 1 saturated carbocycles. The largest absolute Gasteiger partial charge is 0.356 e. The maximum absolute atomic E-state index is 12.9. The van der Waals surface area contributed by atoms with E-state index in [1.807, 2.05) is 4.57 Å². The number of pyridine rings is 1. The van der Waals surface area contributed by atoms with Crippen molar-refractivity contribution in [1.29, 1.82) is 0 Å². The Morgan fingerprint density at radius 3 is 2.63 bits per heavy atom. The van der Waals surface area contributed by atoms with Crippen molar-refractivity contribution in [2.45, 2.75) is 79.2 Å². The molecule has 2 N–H and O–H groups in total. The van der Waals surface area contributed by atoms with Crippen molar-refractivity contribution >= 4 is 23.0 Å². The maximum atomic E-state index is 12.9. The average molecular weight is 484 g/mol. The second-order valence-electron chi connectivity index (χ2n) is 12.5. The van der Waals surface area contributed by atoms with E-state index in [9.17, 15) is 14.4 Å². The summed E-state index contributed by atoms with van der Waals surface area (Å²) in [6.45, 7) is 12.7. The van der Waals surface area contributed by atoms with Crippen molar-refractivity contribution < 1.29 is 9.59 Å². The van der Waals surface area contributed by atoms with Gasteiger partial charge in [-0.2, -0.15) is 0 Å². The third-order valence-corrected chi connectivity index (χ3v) is 8.02. The van der Waals surface area contributed by atoms with E-state index in [0.717, 1.165) is 36.1 Å². The number of rotatable bonds is 5. The van der Waals surface area contributed by atoms with Crippen LogP contribution >= 0.6 is 0 Å². The number of hydrogen-bond acceptors (Lipinski definition) is 4. The van der Waals surface area contributed by atoms with Crippen LogP contribution in [0.1, 0.15) is 78.3 Å². The summed E-state index contributed by atoms with van der Waals surface area (Å²) >= 11 is 0. The Bertz CT molecular complexity index is 1160. The number of nitrogens with one attached hydrogen (secondary N) is 2. The predicted octanol–water partition coefficient (Wildman–Crippen LogP) is 3.33. The topological polar surface area (TPSA) is 98.0 Å². The summed E-state index contributed by atoms with van der Waals surface area (Å²) in [5.41, 5.74) is 2.75. The molecule has 0 aromatic carbocycles. The van der Waals surface area contributed by atoms with Crippen LogP contribution in [0, 0.1) is 22.7 Å². The molecule has 1 aliphatic heterocycles. The molecule has 8 heteroatoms. The lowest BCUT2D eigenvalue weighted by atomic mass is 9.64. The molecule has 3 atom stereocenters. The van der Waals surface area contributed by atoms with E-state index in [2.05, 4.69) is 57.4 Å². The van der Waals surface area contributed by atoms with Crippen molar-refractivity contribution in [2.24, 2.45) is 29.7 Å². The zero-order valence-electron chi connectivity index (χ0n) is 22.1. The van der Waals surface area contributed by atoms with Crippen LogP contribution in [-0.4, -0.2) is 39.0 Å². The molecule has 4 rings (SSSR count). The molecular formula is C27H41N5O3. The number of fused-ring (bicyclic) bond motifs is 1.